The number of rotatable bonds is 2. The molecule has 0 amide bonds. The maximum Gasteiger partial charge on any atom is 0.151 e. The van der Waals surface area contributed by atoms with E-state index in [0.717, 1.165) is 5.69 Å². The summed E-state index contributed by atoms with van der Waals surface area (Å²) < 4.78 is 1.64. The molecule has 1 aromatic rings. The fourth-order valence-electron chi connectivity index (χ4n) is 0.779. The highest BCUT2D eigenvalue weighted by molar-refractivity contribution is 5.75. The molecule has 0 spiro atoms. The van der Waals surface area contributed by atoms with Gasteiger partial charge in [0.25, 0.3) is 0 Å². The van der Waals surface area contributed by atoms with Gasteiger partial charge >= 0.3 is 0 Å². The van der Waals surface area contributed by atoms with Crippen LogP contribution in [0.25, 0.3) is 0 Å². The molecule has 0 fully saturated rings. The van der Waals surface area contributed by atoms with Crippen molar-refractivity contribution >= 4 is 5.78 Å². The van der Waals surface area contributed by atoms with E-state index in [-0.39, 0.29) is 5.78 Å². The molecule has 0 N–H and O–H groups in total. The molecule has 10 heavy (non-hydrogen) atoms. The normalized spacial score (nSPS) is 9.80. The van der Waals surface area contributed by atoms with Crippen molar-refractivity contribution in [1.29, 1.82) is 0 Å². The Morgan fingerprint density at radius 3 is 2.90 bits per heavy atom. The molecule has 3 nitrogen and oxygen atoms in total. The fourth-order valence-corrected chi connectivity index (χ4v) is 0.779. The van der Waals surface area contributed by atoms with Crippen LogP contribution in [0, 0.1) is 6.92 Å². The van der Waals surface area contributed by atoms with E-state index < -0.39 is 0 Å². The van der Waals surface area contributed by atoms with Crippen LogP contribution >= 0.6 is 0 Å². The van der Waals surface area contributed by atoms with Crippen molar-refractivity contribution in [3.63, 3.8) is 0 Å². The molecule has 0 radical (unpaired) electrons. The van der Waals surface area contributed by atoms with Gasteiger partial charge in [-0.3, -0.25) is 9.48 Å². The predicted molar refractivity (Wildman–Crippen MR) is 37.6 cm³/mol. The maximum absolute atomic E-state index is 10.6. The van der Waals surface area contributed by atoms with Crippen molar-refractivity contribution in [3.05, 3.63) is 18.0 Å². The first-order valence-electron chi connectivity index (χ1n) is 3.18. The summed E-state index contributed by atoms with van der Waals surface area (Å²) in [5.74, 6) is 0.128. The van der Waals surface area contributed by atoms with Gasteiger partial charge in [0, 0.05) is 6.20 Å². The minimum Gasteiger partial charge on any atom is -0.298 e. The van der Waals surface area contributed by atoms with E-state index in [0.29, 0.717) is 6.54 Å². The third-order valence-electron chi connectivity index (χ3n) is 1.16. The van der Waals surface area contributed by atoms with Crippen LogP contribution in [0.4, 0.5) is 0 Å². The van der Waals surface area contributed by atoms with E-state index in [1.165, 1.54) is 0 Å². The average Bonchev–Trinajstić information content (AvgIpc) is 2.13. The van der Waals surface area contributed by atoms with E-state index in [1.54, 1.807) is 17.8 Å². The molecular formula is C7H10N2O. The Morgan fingerprint density at radius 1 is 1.80 bits per heavy atom. The molecule has 1 heterocycles. The second-order valence-electron chi connectivity index (χ2n) is 2.36. The molecule has 0 unspecified atom stereocenters. The summed E-state index contributed by atoms with van der Waals surface area (Å²) in [6, 6.07) is 1.88. The number of Topliss-reactive ketones (excluding diaryl/α,β-unsaturated/α-hetero) is 1. The Kier molecular flexibility index (Phi) is 1.85. The second kappa shape index (κ2) is 2.64. The highest BCUT2D eigenvalue weighted by Crippen LogP contribution is 1.91. The van der Waals surface area contributed by atoms with Gasteiger partial charge in [-0.2, -0.15) is 5.10 Å². The molecule has 0 saturated carbocycles. The quantitative estimate of drug-likeness (QED) is 0.605. The lowest BCUT2D eigenvalue weighted by molar-refractivity contribution is -0.117. The Bertz CT molecular complexity index is 240. The molecule has 1 rings (SSSR count). The van der Waals surface area contributed by atoms with Gasteiger partial charge in [-0.15, -0.1) is 0 Å². The molecule has 0 aliphatic rings. The SMILES string of the molecule is CC(=O)Cn1ccc(C)n1. The minimum absolute atomic E-state index is 0.128. The van der Waals surface area contributed by atoms with Gasteiger partial charge in [-0.05, 0) is 19.9 Å². The smallest absolute Gasteiger partial charge is 0.151 e. The molecule has 0 aromatic carbocycles. The van der Waals surface area contributed by atoms with Gasteiger partial charge in [-0.25, -0.2) is 0 Å². The van der Waals surface area contributed by atoms with Gasteiger partial charge in [0.15, 0.2) is 5.78 Å². The standard InChI is InChI=1S/C7H10N2O/c1-6-3-4-9(8-6)5-7(2)10/h3-4H,5H2,1-2H3. The number of ketones is 1. The number of hydrogen-bond donors (Lipinski definition) is 0. The molecule has 0 saturated heterocycles. The van der Waals surface area contributed by atoms with Crippen molar-refractivity contribution < 1.29 is 4.79 Å². The molecule has 0 bridgehead atoms. The van der Waals surface area contributed by atoms with E-state index in [9.17, 15) is 4.79 Å². The number of aromatic nitrogens is 2. The van der Waals surface area contributed by atoms with E-state index in [4.69, 9.17) is 0 Å². The average molecular weight is 138 g/mol. The summed E-state index contributed by atoms with van der Waals surface area (Å²) in [6.07, 6.45) is 1.80. The first-order valence-corrected chi connectivity index (χ1v) is 3.18. The largest absolute Gasteiger partial charge is 0.298 e. The van der Waals surface area contributed by atoms with Crippen LogP contribution < -0.4 is 0 Å². The zero-order chi connectivity index (χ0) is 7.56. The number of carbonyl (C=O) groups excluding carboxylic acids is 1. The Labute approximate surface area is 59.7 Å². The van der Waals surface area contributed by atoms with Crippen molar-refractivity contribution in [2.45, 2.75) is 20.4 Å². The van der Waals surface area contributed by atoms with Gasteiger partial charge in [-0.1, -0.05) is 0 Å². The molecule has 54 valence electrons. The zero-order valence-corrected chi connectivity index (χ0v) is 6.16. The third kappa shape index (κ3) is 1.69. The number of hydrogen-bond acceptors (Lipinski definition) is 2. The monoisotopic (exact) mass is 138 g/mol. The lowest BCUT2D eigenvalue weighted by Crippen LogP contribution is -2.06. The summed E-state index contributed by atoms with van der Waals surface area (Å²) in [5, 5.41) is 4.05. The summed E-state index contributed by atoms with van der Waals surface area (Å²) in [7, 11) is 0. The van der Waals surface area contributed by atoms with E-state index >= 15 is 0 Å². The summed E-state index contributed by atoms with van der Waals surface area (Å²) in [5.41, 5.74) is 0.946. The van der Waals surface area contributed by atoms with Crippen LogP contribution in [0.5, 0.6) is 0 Å². The lowest BCUT2D eigenvalue weighted by Gasteiger charge is -1.93. The number of aryl methyl sites for hydroxylation is 1. The van der Waals surface area contributed by atoms with Crippen LogP contribution in [0.1, 0.15) is 12.6 Å². The molecule has 0 atom stereocenters. The molecule has 3 heteroatoms. The first kappa shape index (κ1) is 6.99. The molecule has 1 aromatic heterocycles. The first-order chi connectivity index (χ1) is 4.68. The highest BCUT2D eigenvalue weighted by atomic mass is 16.1. The van der Waals surface area contributed by atoms with Crippen LogP contribution in [0.3, 0.4) is 0 Å². The Hall–Kier alpha value is -1.12. The summed E-state index contributed by atoms with van der Waals surface area (Å²) >= 11 is 0. The summed E-state index contributed by atoms with van der Waals surface area (Å²) in [6.45, 7) is 3.83. The van der Waals surface area contributed by atoms with E-state index in [2.05, 4.69) is 5.10 Å². The molecule has 0 aliphatic carbocycles. The fraction of sp³-hybridized carbons (Fsp3) is 0.429. The third-order valence-corrected chi connectivity index (χ3v) is 1.16. The van der Waals surface area contributed by atoms with Crippen LogP contribution in [0.2, 0.25) is 0 Å². The minimum atomic E-state index is 0.128. The lowest BCUT2D eigenvalue weighted by atomic mass is 10.4. The highest BCUT2D eigenvalue weighted by Gasteiger charge is 1.95. The van der Waals surface area contributed by atoms with Crippen molar-refractivity contribution in [3.8, 4) is 0 Å². The van der Waals surface area contributed by atoms with Gasteiger partial charge in [0.2, 0.25) is 0 Å². The van der Waals surface area contributed by atoms with Crippen LogP contribution in [0.15, 0.2) is 12.3 Å². The van der Waals surface area contributed by atoms with Gasteiger partial charge < -0.3 is 0 Å². The van der Waals surface area contributed by atoms with Crippen molar-refractivity contribution in [1.82, 2.24) is 9.78 Å². The van der Waals surface area contributed by atoms with Gasteiger partial charge in [0.1, 0.15) is 0 Å². The topological polar surface area (TPSA) is 34.9 Å². The maximum atomic E-state index is 10.6. The molecular weight excluding hydrogens is 128 g/mol. The van der Waals surface area contributed by atoms with Crippen LogP contribution in [-0.2, 0) is 11.3 Å². The van der Waals surface area contributed by atoms with Gasteiger partial charge in [0.05, 0.1) is 12.2 Å². The van der Waals surface area contributed by atoms with Crippen molar-refractivity contribution in [2.24, 2.45) is 0 Å². The Morgan fingerprint density at radius 2 is 2.50 bits per heavy atom. The zero-order valence-electron chi connectivity index (χ0n) is 6.16. The number of nitrogens with zero attached hydrogens (tertiary/aromatic N) is 2. The summed E-state index contributed by atoms with van der Waals surface area (Å²) in [4.78, 5) is 10.6. The number of carbonyl (C=O) groups is 1. The van der Waals surface area contributed by atoms with Crippen molar-refractivity contribution in [2.75, 3.05) is 0 Å². The molecule has 0 aliphatic heterocycles. The van der Waals surface area contributed by atoms with E-state index in [1.807, 2.05) is 13.0 Å². The second-order valence-corrected chi connectivity index (χ2v) is 2.36. The van der Waals surface area contributed by atoms with Crippen LogP contribution in [-0.4, -0.2) is 15.6 Å². The predicted octanol–water partition coefficient (Wildman–Crippen LogP) is 0.781. The Balaban J connectivity index is 2.67.